The van der Waals surface area contributed by atoms with Crippen molar-refractivity contribution >= 4 is 16.0 Å². The van der Waals surface area contributed by atoms with Gasteiger partial charge in [-0.25, -0.2) is 13.6 Å². The molecule has 158 valence electrons. The lowest BCUT2D eigenvalue weighted by atomic mass is 10.1. The molecular formula is C21H30N4O3S. The number of hydrogen-bond donors (Lipinski definition) is 3. The third kappa shape index (κ3) is 8.64. The zero-order valence-corrected chi connectivity index (χ0v) is 17.8. The number of hydrogen-bond acceptors (Lipinski definition) is 4. The Morgan fingerprint density at radius 2 is 1.76 bits per heavy atom. The van der Waals surface area contributed by atoms with Gasteiger partial charge in [-0.15, -0.1) is 0 Å². The zero-order valence-electron chi connectivity index (χ0n) is 17.0. The van der Waals surface area contributed by atoms with Gasteiger partial charge < -0.3 is 15.4 Å². The Bertz CT molecular complexity index is 869. The molecular weight excluding hydrogens is 388 g/mol. The number of nitrogens with one attached hydrogen (secondary N) is 2. The Morgan fingerprint density at radius 1 is 1.07 bits per heavy atom. The fraction of sp³-hybridized carbons (Fsp3) is 0.381. The van der Waals surface area contributed by atoms with Crippen molar-refractivity contribution in [2.24, 2.45) is 16.0 Å². The largest absolute Gasteiger partial charge is 0.376 e. The van der Waals surface area contributed by atoms with Crippen LogP contribution in [0.4, 0.5) is 0 Å². The molecule has 0 saturated carbocycles. The molecule has 2 aromatic rings. The predicted octanol–water partition coefficient (Wildman–Crippen LogP) is 1.89. The molecule has 4 N–H and O–H groups in total. The highest BCUT2D eigenvalue weighted by Crippen LogP contribution is 2.09. The molecule has 0 amide bonds. The van der Waals surface area contributed by atoms with E-state index < -0.39 is 10.0 Å². The molecule has 1 unspecified atom stereocenters. The maximum absolute atomic E-state index is 11.3. The molecule has 0 saturated heterocycles. The van der Waals surface area contributed by atoms with Gasteiger partial charge in [0.05, 0.1) is 18.1 Å². The van der Waals surface area contributed by atoms with Crippen molar-refractivity contribution in [1.29, 1.82) is 0 Å². The summed E-state index contributed by atoms with van der Waals surface area (Å²) >= 11 is 0. The summed E-state index contributed by atoms with van der Waals surface area (Å²) in [6.07, 6.45) is 0.737. The van der Waals surface area contributed by atoms with E-state index in [1.54, 1.807) is 19.2 Å². The fourth-order valence-corrected chi connectivity index (χ4v) is 3.19. The number of aliphatic imine (C=N–C) groups is 1. The maximum Gasteiger partial charge on any atom is 0.238 e. The van der Waals surface area contributed by atoms with Crippen LogP contribution in [0.15, 0.2) is 64.5 Å². The number of ether oxygens (including phenoxy) is 1. The SMILES string of the molecule is CN=C(NCCc1ccc(S(N)(=O)=O)cc1)NCC(C)COCc1ccccc1. The molecule has 0 spiro atoms. The summed E-state index contributed by atoms with van der Waals surface area (Å²) < 4.78 is 28.3. The Labute approximate surface area is 173 Å². The first kappa shape index (κ1) is 22.9. The van der Waals surface area contributed by atoms with Gasteiger partial charge >= 0.3 is 0 Å². The highest BCUT2D eigenvalue weighted by atomic mass is 32.2. The average Bonchev–Trinajstić information content (AvgIpc) is 2.71. The fourth-order valence-electron chi connectivity index (χ4n) is 2.67. The van der Waals surface area contributed by atoms with Crippen molar-refractivity contribution in [3.63, 3.8) is 0 Å². The second-order valence-corrected chi connectivity index (χ2v) is 8.49. The van der Waals surface area contributed by atoms with Crippen molar-refractivity contribution in [2.75, 3.05) is 26.7 Å². The summed E-state index contributed by atoms with van der Waals surface area (Å²) in [5.41, 5.74) is 2.19. The molecule has 2 rings (SSSR count). The lowest BCUT2D eigenvalue weighted by Gasteiger charge is -2.16. The van der Waals surface area contributed by atoms with Gasteiger partial charge in [0, 0.05) is 20.1 Å². The van der Waals surface area contributed by atoms with E-state index in [4.69, 9.17) is 9.88 Å². The summed E-state index contributed by atoms with van der Waals surface area (Å²) in [4.78, 5) is 4.34. The van der Waals surface area contributed by atoms with Crippen LogP contribution in [0.2, 0.25) is 0 Å². The molecule has 8 heteroatoms. The summed E-state index contributed by atoms with van der Waals surface area (Å²) in [5, 5.41) is 11.7. The predicted molar refractivity (Wildman–Crippen MR) is 116 cm³/mol. The second kappa shape index (κ2) is 11.5. The molecule has 0 aromatic heterocycles. The molecule has 29 heavy (non-hydrogen) atoms. The minimum atomic E-state index is -3.65. The Morgan fingerprint density at radius 3 is 2.38 bits per heavy atom. The lowest BCUT2D eigenvalue weighted by molar-refractivity contribution is 0.0931. The topological polar surface area (TPSA) is 106 Å². The van der Waals surface area contributed by atoms with E-state index in [9.17, 15) is 8.42 Å². The van der Waals surface area contributed by atoms with Crippen molar-refractivity contribution in [3.8, 4) is 0 Å². The molecule has 0 heterocycles. The normalized spacial score (nSPS) is 13.1. The number of benzene rings is 2. The number of rotatable bonds is 10. The first-order valence-corrected chi connectivity index (χ1v) is 11.1. The standard InChI is InChI=1S/C21H30N4O3S/c1-17(15-28-16-19-6-4-3-5-7-19)14-25-21(23-2)24-13-12-18-8-10-20(11-9-18)29(22,26)27/h3-11,17H,12-16H2,1-2H3,(H2,22,26,27)(H2,23,24,25). The Kier molecular flexibility index (Phi) is 9.11. The number of nitrogens with two attached hydrogens (primary N) is 1. The van der Waals surface area contributed by atoms with Crippen molar-refractivity contribution in [1.82, 2.24) is 10.6 Å². The quantitative estimate of drug-likeness (QED) is 0.404. The smallest absolute Gasteiger partial charge is 0.238 e. The maximum atomic E-state index is 11.3. The van der Waals surface area contributed by atoms with Crippen LogP contribution in [0, 0.1) is 5.92 Å². The Hall–Kier alpha value is -2.42. The molecule has 7 nitrogen and oxygen atoms in total. The van der Waals surface area contributed by atoms with Crippen LogP contribution in [0.5, 0.6) is 0 Å². The van der Waals surface area contributed by atoms with E-state index in [2.05, 4.69) is 34.7 Å². The number of nitrogens with zero attached hydrogens (tertiary/aromatic N) is 1. The van der Waals surface area contributed by atoms with Gasteiger partial charge in [-0.2, -0.15) is 0 Å². The van der Waals surface area contributed by atoms with Gasteiger partial charge in [0.15, 0.2) is 5.96 Å². The first-order chi connectivity index (χ1) is 13.9. The van der Waals surface area contributed by atoms with Gasteiger partial charge in [0.1, 0.15) is 0 Å². The van der Waals surface area contributed by atoms with Gasteiger partial charge in [-0.05, 0) is 35.6 Å². The number of sulfonamides is 1. The molecule has 0 bridgehead atoms. The third-order valence-corrected chi connectivity index (χ3v) is 5.24. The van der Waals surface area contributed by atoms with Crippen LogP contribution in [0.1, 0.15) is 18.1 Å². The highest BCUT2D eigenvalue weighted by Gasteiger charge is 2.07. The van der Waals surface area contributed by atoms with Crippen LogP contribution in [0.3, 0.4) is 0 Å². The van der Waals surface area contributed by atoms with E-state index in [-0.39, 0.29) is 4.90 Å². The van der Waals surface area contributed by atoms with Crippen molar-refractivity contribution in [3.05, 3.63) is 65.7 Å². The van der Waals surface area contributed by atoms with E-state index >= 15 is 0 Å². The van der Waals surface area contributed by atoms with Crippen LogP contribution in [-0.4, -0.2) is 41.1 Å². The van der Waals surface area contributed by atoms with E-state index in [1.165, 1.54) is 17.7 Å². The van der Waals surface area contributed by atoms with E-state index in [0.29, 0.717) is 25.7 Å². The second-order valence-electron chi connectivity index (χ2n) is 6.92. The summed E-state index contributed by atoms with van der Waals surface area (Å²) in [6, 6.07) is 16.7. The molecule has 0 fully saturated rings. The van der Waals surface area contributed by atoms with E-state index in [1.807, 2.05) is 18.2 Å². The van der Waals surface area contributed by atoms with Crippen molar-refractivity contribution in [2.45, 2.75) is 24.8 Å². The number of primary sulfonamides is 1. The molecule has 0 aliphatic rings. The Balaban J connectivity index is 1.65. The van der Waals surface area contributed by atoms with Crippen LogP contribution in [-0.2, 0) is 27.8 Å². The van der Waals surface area contributed by atoms with Crippen LogP contribution >= 0.6 is 0 Å². The van der Waals surface area contributed by atoms with Crippen LogP contribution in [0.25, 0.3) is 0 Å². The van der Waals surface area contributed by atoms with E-state index in [0.717, 1.165) is 24.5 Å². The minimum Gasteiger partial charge on any atom is -0.376 e. The summed E-state index contributed by atoms with van der Waals surface area (Å²) in [7, 11) is -1.92. The summed E-state index contributed by atoms with van der Waals surface area (Å²) in [5.74, 6) is 1.06. The van der Waals surface area contributed by atoms with Gasteiger partial charge in [0.25, 0.3) is 0 Å². The molecule has 0 radical (unpaired) electrons. The van der Waals surface area contributed by atoms with Gasteiger partial charge in [0.2, 0.25) is 10.0 Å². The highest BCUT2D eigenvalue weighted by molar-refractivity contribution is 7.89. The van der Waals surface area contributed by atoms with Crippen molar-refractivity contribution < 1.29 is 13.2 Å². The molecule has 2 aromatic carbocycles. The lowest BCUT2D eigenvalue weighted by Crippen LogP contribution is -2.40. The monoisotopic (exact) mass is 418 g/mol. The third-order valence-electron chi connectivity index (χ3n) is 4.31. The molecule has 0 aliphatic heterocycles. The average molecular weight is 419 g/mol. The van der Waals surface area contributed by atoms with Gasteiger partial charge in [-0.3, -0.25) is 4.99 Å². The zero-order chi connectivity index (χ0) is 21.1. The molecule has 0 aliphatic carbocycles. The summed E-state index contributed by atoms with van der Waals surface area (Å²) in [6.45, 7) is 4.82. The molecule has 1 atom stereocenters. The first-order valence-electron chi connectivity index (χ1n) is 9.56. The minimum absolute atomic E-state index is 0.121. The number of guanidine groups is 1. The van der Waals surface area contributed by atoms with Gasteiger partial charge in [-0.1, -0.05) is 49.4 Å². The van der Waals surface area contributed by atoms with Crippen LogP contribution < -0.4 is 15.8 Å².